The van der Waals surface area contributed by atoms with Gasteiger partial charge in [0, 0.05) is 19.2 Å². The summed E-state index contributed by atoms with van der Waals surface area (Å²) >= 11 is 0. The van der Waals surface area contributed by atoms with Gasteiger partial charge in [0.25, 0.3) is 0 Å². The Labute approximate surface area is 181 Å². The minimum atomic E-state index is -2.93. The number of methoxy groups -OCH3 is 1. The fourth-order valence-electron chi connectivity index (χ4n) is 4.08. The van der Waals surface area contributed by atoms with Crippen LogP contribution in [0.5, 0.6) is 5.75 Å². The number of hydrogen-bond acceptors (Lipinski definition) is 6. The Balaban J connectivity index is 1.84. The third-order valence-electron chi connectivity index (χ3n) is 6.11. The highest BCUT2D eigenvalue weighted by molar-refractivity contribution is 5.72. The Bertz CT molecular complexity index is 894. The highest BCUT2D eigenvalue weighted by Gasteiger charge is 2.39. The number of nitrogens with zero attached hydrogens (tertiary/aromatic N) is 2. The molecule has 1 saturated heterocycles. The fourth-order valence-corrected chi connectivity index (χ4v) is 4.08. The summed E-state index contributed by atoms with van der Waals surface area (Å²) in [5, 5.41) is 4.19. The lowest BCUT2D eigenvalue weighted by molar-refractivity contribution is -0.149. The van der Waals surface area contributed by atoms with Crippen molar-refractivity contribution in [2.45, 2.75) is 46.8 Å². The van der Waals surface area contributed by atoms with E-state index < -0.39 is 6.61 Å². The first-order valence-electron chi connectivity index (χ1n) is 10.4. The summed E-state index contributed by atoms with van der Waals surface area (Å²) < 4.78 is 40.6. The lowest BCUT2D eigenvalue weighted by Gasteiger charge is -2.44. The summed E-state index contributed by atoms with van der Waals surface area (Å²) in [6, 6.07) is 8.07. The summed E-state index contributed by atoms with van der Waals surface area (Å²) in [6.45, 7) is 6.97. The SMILES string of the molecule is COC(=O)[C@@H]1C[C@@H](C(C)(C)C)CN(C(C)c2cc(-c3ccccc3OC(F)F)on2)C1. The van der Waals surface area contributed by atoms with Crippen molar-refractivity contribution in [1.29, 1.82) is 0 Å². The average molecular weight is 436 g/mol. The van der Waals surface area contributed by atoms with Gasteiger partial charge in [-0.2, -0.15) is 8.78 Å². The van der Waals surface area contributed by atoms with Gasteiger partial charge in [0.1, 0.15) is 11.4 Å². The molecule has 170 valence electrons. The Kier molecular flexibility index (Phi) is 6.99. The molecule has 1 aromatic heterocycles. The fraction of sp³-hybridized carbons (Fsp3) is 0.565. The Hall–Kier alpha value is -2.48. The number of halogens is 2. The van der Waals surface area contributed by atoms with Crippen LogP contribution in [-0.2, 0) is 9.53 Å². The monoisotopic (exact) mass is 436 g/mol. The molecule has 8 heteroatoms. The molecule has 2 heterocycles. The molecule has 0 bridgehead atoms. The summed E-state index contributed by atoms with van der Waals surface area (Å²) in [5.74, 6) is 0.276. The largest absolute Gasteiger partial charge is 0.469 e. The molecule has 0 spiro atoms. The van der Waals surface area contributed by atoms with Crippen LogP contribution >= 0.6 is 0 Å². The van der Waals surface area contributed by atoms with E-state index in [9.17, 15) is 13.6 Å². The minimum Gasteiger partial charge on any atom is -0.469 e. The van der Waals surface area contributed by atoms with E-state index in [0.717, 1.165) is 13.0 Å². The molecule has 2 aromatic rings. The summed E-state index contributed by atoms with van der Waals surface area (Å²) in [6.07, 6.45) is 0.780. The summed E-state index contributed by atoms with van der Waals surface area (Å²) in [4.78, 5) is 14.5. The number of ether oxygens (including phenoxy) is 2. The van der Waals surface area contributed by atoms with Crippen LogP contribution in [-0.4, -0.2) is 42.8 Å². The third-order valence-corrected chi connectivity index (χ3v) is 6.11. The van der Waals surface area contributed by atoms with Crippen molar-refractivity contribution < 1.29 is 27.6 Å². The summed E-state index contributed by atoms with van der Waals surface area (Å²) in [7, 11) is 1.42. The van der Waals surface area contributed by atoms with E-state index in [1.54, 1.807) is 24.3 Å². The zero-order valence-corrected chi connectivity index (χ0v) is 18.6. The van der Waals surface area contributed by atoms with Crippen LogP contribution in [0.4, 0.5) is 8.78 Å². The van der Waals surface area contributed by atoms with Gasteiger partial charge >= 0.3 is 12.6 Å². The molecular weight excluding hydrogens is 406 g/mol. The summed E-state index contributed by atoms with van der Waals surface area (Å²) in [5.41, 5.74) is 1.11. The number of para-hydroxylation sites is 1. The van der Waals surface area contributed by atoms with Gasteiger partial charge in [-0.15, -0.1) is 0 Å². The Morgan fingerprint density at radius 1 is 1.26 bits per heavy atom. The van der Waals surface area contributed by atoms with Crippen LogP contribution in [0.25, 0.3) is 11.3 Å². The Morgan fingerprint density at radius 2 is 1.97 bits per heavy atom. The number of carbonyl (C=O) groups is 1. The van der Waals surface area contributed by atoms with Crippen molar-refractivity contribution in [3.8, 4) is 17.1 Å². The molecule has 0 radical (unpaired) electrons. The topological polar surface area (TPSA) is 64.8 Å². The maximum atomic E-state index is 12.7. The molecule has 3 atom stereocenters. The lowest BCUT2D eigenvalue weighted by atomic mass is 9.73. The first kappa shape index (κ1) is 23.2. The highest BCUT2D eigenvalue weighted by Crippen LogP contribution is 2.39. The van der Waals surface area contributed by atoms with Gasteiger partial charge < -0.3 is 14.0 Å². The number of alkyl halides is 2. The average Bonchev–Trinajstić information content (AvgIpc) is 3.21. The smallest absolute Gasteiger partial charge is 0.387 e. The first-order valence-corrected chi connectivity index (χ1v) is 10.4. The number of rotatable bonds is 6. The molecule has 0 amide bonds. The van der Waals surface area contributed by atoms with E-state index in [4.69, 9.17) is 9.26 Å². The van der Waals surface area contributed by atoms with E-state index in [2.05, 4.69) is 35.6 Å². The molecule has 1 aromatic carbocycles. The number of hydrogen-bond donors (Lipinski definition) is 0. The van der Waals surface area contributed by atoms with Crippen LogP contribution in [0.15, 0.2) is 34.9 Å². The molecule has 6 nitrogen and oxygen atoms in total. The van der Waals surface area contributed by atoms with Crippen molar-refractivity contribution in [3.63, 3.8) is 0 Å². The molecule has 31 heavy (non-hydrogen) atoms. The first-order chi connectivity index (χ1) is 14.6. The predicted molar refractivity (Wildman–Crippen MR) is 112 cm³/mol. The Morgan fingerprint density at radius 3 is 2.61 bits per heavy atom. The number of aromatic nitrogens is 1. The number of carbonyl (C=O) groups excluding carboxylic acids is 1. The van der Waals surface area contributed by atoms with Gasteiger partial charge in [-0.3, -0.25) is 9.69 Å². The number of likely N-dealkylation sites (tertiary alicyclic amines) is 1. The molecule has 1 unspecified atom stereocenters. The predicted octanol–water partition coefficient (Wildman–Crippen LogP) is 5.16. The number of piperidine rings is 1. The van der Waals surface area contributed by atoms with Gasteiger partial charge in [-0.05, 0) is 36.8 Å². The van der Waals surface area contributed by atoms with Crippen molar-refractivity contribution in [3.05, 3.63) is 36.0 Å². The quantitative estimate of drug-likeness (QED) is 0.583. The van der Waals surface area contributed by atoms with E-state index in [-0.39, 0.29) is 29.1 Å². The second-order valence-corrected chi connectivity index (χ2v) is 9.14. The normalized spacial score (nSPS) is 21.2. The number of benzene rings is 1. The molecular formula is C23H30F2N2O4. The van der Waals surface area contributed by atoms with E-state index in [1.165, 1.54) is 13.2 Å². The zero-order valence-electron chi connectivity index (χ0n) is 18.6. The van der Waals surface area contributed by atoms with Gasteiger partial charge in [0.15, 0.2) is 5.76 Å². The second kappa shape index (κ2) is 9.34. The third kappa shape index (κ3) is 5.42. The molecule has 0 aliphatic carbocycles. The van der Waals surface area contributed by atoms with Gasteiger partial charge in [0.2, 0.25) is 0 Å². The van der Waals surface area contributed by atoms with Crippen molar-refractivity contribution in [2.75, 3.05) is 20.2 Å². The molecule has 1 aliphatic heterocycles. The van der Waals surface area contributed by atoms with Gasteiger partial charge in [-0.25, -0.2) is 0 Å². The molecule has 1 fully saturated rings. The van der Waals surface area contributed by atoms with Crippen LogP contribution in [0.2, 0.25) is 0 Å². The maximum absolute atomic E-state index is 12.7. The number of esters is 1. The second-order valence-electron chi connectivity index (χ2n) is 9.14. The van der Waals surface area contributed by atoms with E-state index >= 15 is 0 Å². The standard InChI is InChI=1S/C23H30F2N2O4/c1-14(27-12-15(21(28)29-5)10-16(13-27)23(2,3)4)18-11-20(31-26-18)17-8-6-7-9-19(17)30-22(24)25/h6-9,11,14-16,22H,10,12-13H2,1-5H3/t14?,15-,16-/m1/s1. The van der Waals surface area contributed by atoms with Crippen LogP contribution in [0, 0.1) is 17.3 Å². The van der Waals surface area contributed by atoms with Gasteiger partial charge in [0.05, 0.1) is 24.6 Å². The van der Waals surface area contributed by atoms with Crippen molar-refractivity contribution in [1.82, 2.24) is 10.1 Å². The van der Waals surface area contributed by atoms with Crippen LogP contribution in [0.1, 0.15) is 45.9 Å². The lowest BCUT2D eigenvalue weighted by Crippen LogP contribution is -2.48. The van der Waals surface area contributed by atoms with E-state index in [0.29, 0.717) is 29.5 Å². The molecule has 0 saturated carbocycles. The van der Waals surface area contributed by atoms with Gasteiger partial charge in [-0.1, -0.05) is 38.1 Å². The highest BCUT2D eigenvalue weighted by atomic mass is 19.3. The van der Waals surface area contributed by atoms with Crippen molar-refractivity contribution >= 4 is 5.97 Å². The van der Waals surface area contributed by atoms with Crippen LogP contribution in [0.3, 0.4) is 0 Å². The van der Waals surface area contributed by atoms with Crippen molar-refractivity contribution in [2.24, 2.45) is 17.3 Å². The molecule has 1 aliphatic rings. The minimum absolute atomic E-state index is 0.0318. The van der Waals surface area contributed by atoms with Crippen LogP contribution < -0.4 is 4.74 Å². The van der Waals surface area contributed by atoms with E-state index in [1.807, 2.05) is 6.92 Å². The maximum Gasteiger partial charge on any atom is 0.387 e. The molecule has 0 N–H and O–H groups in total. The zero-order chi connectivity index (χ0) is 22.8. The molecule has 3 rings (SSSR count).